The smallest absolute Gasteiger partial charge is 0.0392 e. The number of nitrogens with zero attached hydrogens (tertiary/aromatic N) is 1. The van der Waals surface area contributed by atoms with E-state index in [1.165, 1.54) is 11.1 Å². The van der Waals surface area contributed by atoms with Gasteiger partial charge in [-0.15, -0.1) is 0 Å². The van der Waals surface area contributed by atoms with Gasteiger partial charge >= 0.3 is 0 Å². The fourth-order valence-corrected chi connectivity index (χ4v) is 2.41. The van der Waals surface area contributed by atoms with Gasteiger partial charge in [0, 0.05) is 6.04 Å². The molecule has 0 aromatic heterocycles. The second kappa shape index (κ2) is 4.36. The van der Waals surface area contributed by atoms with Gasteiger partial charge in [-0.25, -0.2) is 0 Å². The second-order valence-corrected chi connectivity index (χ2v) is 5.59. The van der Waals surface area contributed by atoms with Gasteiger partial charge in [-0.05, 0) is 37.6 Å². The summed E-state index contributed by atoms with van der Waals surface area (Å²) in [6.45, 7) is 9.08. The van der Waals surface area contributed by atoms with E-state index in [-0.39, 0.29) is 5.41 Å². The first kappa shape index (κ1) is 12.3. The number of benzene rings is 1. The Morgan fingerprint density at radius 2 is 1.60 bits per heavy atom. The van der Waals surface area contributed by atoms with Gasteiger partial charge in [-0.3, -0.25) is 0 Å². The Kier molecular flexibility index (Phi) is 3.56. The summed E-state index contributed by atoms with van der Waals surface area (Å²) in [6, 6.07) is 9.14. The molecule has 0 heterocycles. The van der Waals surface area contributed by atoms with E-state index in [1.807, 2.05) is 0 Å². The maximum atomic E-state index is 2.31. The van der Waals surface area contributed by atoms with Crippen LogP contribution in [0.25, 0.3) is 0 Å². The van der Waals surface area contributed by atoms with Crippen LogP contribution in [-0.2, 0) is 0 Å². The highest BCUT2D eigenvalue weighted by molar-refractivity contribution is 5.29. The third-order valence-electron chi connectivity index (χ3n) is 2.82. The number of aryl methyl sites for hydroxylation is 1. The summed E-state index contributed by atoms with van der Waals surface area (Å²) >= 11 is 0. The molecule has 0 saturated heterocycles. The molecule has 0 N–H and O–H groups in total. The molecule has 0 aliphatic carbocycles. The third-order valence-corrected chi connectivity index (χ3v) is 2.82. The molecule has 1 unspecified atom stereocenters. The number of hydrogen-bond acceptors (Lipinski definition) is 1. The summed E-state index contributed by atoms with van der Waals surface area (Å²) in [5, 5.41) is 0. The average molecular weight is 205 g/mol. The van der Waals surface area contributed by atoms with Crippen LogP contribution < -0.4 is 0 Å². The minimum Gasteiger partial charge on any atom is -0.302 e. The van der Waals surface area contributed by atoms with Crippen LogP contribution in [0, 0.1) is 12.3 Å². The predicted molar refractivity (Wildman–Crippen MR) is 67.1 cm³/mol. The molecule has 15 heavy (non-hydrogen) atoms. The number of rotatable bonds is 2. The van der Waals surface area contributed by atoms with E-state index in [4.69, 9.17) is 0 Å². The zero-order valence-electron chi connectivity index (χ0n) is 10.8. The van der Waals surface area contributed by atoms with Crippen LogP contribution in [0.3, 0.4) is 0 Å². The standard InChI is InChI=1S/C14H23N/c1-11-9-7-8-10-12(11)13(15(5)6)14(2,3)4/h7-10,13H,1-6H3. The van der Waals surface area contributed by atoms with Crippen molar-refractivity contribution in [1.29, 1.82) is 0 Å². The van der Waals surface area contributed by atoms with Crippen molar-refractivity contribution in [2.24, 2.45) is 5.41 Å². The molecular weight excluding hydrogens is 182 g/mol. The molecule has 0 bridgehead atoms. The Morgan fingerprint density at radius 1 is 1.07 bits per heavy atom. The van der Waals surface area contributed by atoms with Crippen LogP contribution in [0.4, 0.5) is 0 Å². The summed E-state index contributed by atoms with van der Waals surface area (Å²) in [4.78, 5) is 2.31. The topological polar surface area (TPSA) is 3.24 Å². The van der Waals surface area contributed by atoms with Crippen LogP contribution in [0.5, 0.6) is 0 Å². The fourth-order valence-electron chi connectivity index (χ4n) is 2.41. The van der Waals surface area contributed by atoms with Crippen molar-refractivity contribution in [3.8, 4) is 0 Å². The summed E-state index contributed by atoms with van der Waals surface area (Å²) in [5.41, 5.74) is 3.08. The highest BCUT2D eigenvalue weighted by atomic mass is 15.1. The molecule has 0 amide bonds. The summed E-state index contributed by atoms with van der Waals surface area (Å²) < 4.78 is 0. The van der Waals surface area contributed by atoms with Crippen molar-refractivity contribution in [1.82, 2.24) is 4.90 Å². The van der Waals surface area contributed by atoms with Gasteiger partial charge in [-0.1, -0.05) is 45.0 Å². The molecule has 1 atom stereocenters. The fraction of sp³-hybridized carbons (Fsp3) is 0.571. The van der Waals surface area contributed by atoms with Gasteiger partial charge in [0.15, 0.2) is 0 Å². The lowest BCUT2D eigenvalue weighted by molar-refractivity contribution is 0.153. The zero-order chi connectivity index (χ0) is 11.6. The van der Waals surface area contributed by atoms with Crippen LogP contribution in [0.2, 0.25) is 0 Å². The second-order valence-electron chi connectivity index (χ2n) is 5.59. The van der Waals surface area contributed by atoms with Crippen LogP contribution in [0.15, 0.2) is 24.3 Å². The zero-order valence-corrected chi connectivity index (χ0v) is 10.8. The van der Waals surface area contributed by atoms with Gasteiger partial charge in [-0.2, -0.15) is 0 Å². The van der Waals surface area contributed by atoms with E-state index < -0.39 is 0 Å². The van der Waals surface area contributed by atoms with Crippen LogP contribution >= 0.6 is 0 Å². The monoisotopic (exact) mass is 205 g/mol. The molecule has 0 aliphatic heterocycles. The van der Waals surface area contributed by atoms with E-state index in [0.29, 0.717) is 6.04 Å². The van der Waals surface area contributed by atoms with Crippen molar-refractivity contribution < 1.29 is 0 Å². The molecule has 1 aromatic rings. The Hall–Kier alpha value is -0.820. The minimum absolute atomic E-state index is 0.260. The molecule has 0 radical (unpaired) electrons. The van der Waals surface area contributed by atoms with Gasteiger partial charge in [0.2, 0.25) is 0 Å². The molecule has 1 nitrogen and oxygen atoms in total. The Balaban J connectivity index is 3.17. The molecule has 1 heteroatoms. The van der Waals surface area contributed by atoms with Crippen molar-refractivity contribution in [2.45, 2.75) is 33.7 Å². The molecule has 1 rings (SSSR count). The lowest BCUT2D eigenvalue weighted by atomic mass is 9.80. The molecule has 84 valence electrons. The van der Waals surface area contributed by atoms with E-state index >= 15 is 0 Å². The highest BCUT2D eigenvalue weighted by Gasteiger charge is 2.28. The first-order valence-electron chi connectivity index (χ1n) is 5.56. The molecule has 0 aliphatic rings. The average Bonchev–Trinajstić information content (AvgIpc) is 2.05. The third kappa shape index (κ3) is 2.82. The van der Waals surface area contributed by atoms with E-state index in [2.05, 4.69) is 71.0 Å². The number of hydrogen-bond donors (Lipinski definition) is 0. The predicted octanol–water partition coefficient (Wildman–Crippen LogP) is 3.64. The van der Waals surface area contributed by atoms with Crippen LogP contribution in [0.1, 0.15) is 37.9 Å². The van der Waals surface area contributed by atoms with E-state index in [0.717, 1.165) is 0 Å². The van der Waals surface area contributed by atoms with Crippen molar-refractivity contribution in [3.05, 3.63) is 35.4 Å². The van der Waals surface area contributed by atoms with E-state index in [9.17, 15) is 0 Å². The first-order chi connectivity index (χ1) is 6.84. The molecule has 0 spiro atoms. The van der Waals surface area contributed by atoms with Gasteiger partial charge in [0.05, 0.1) is 0 Å². The van der Waals surface area contributed by atoms with Gasteiger partial charge < -0.3 is 4.90 Å². The van der Waals surface area contributed by atoms with Gasteiger partial charge in [0.1, 0.15) is 0 Å². The summed E-state index contributed by atoms with van der Waals surface area (Å²) in [6.07, 6.45) is 0. The normalized spacial score (nSPS) is 14.3. The maximum Gasteiger partial charge on any atom is 0.0392 e. The van der Waals surface area contributed by atoms with Crippen LogP contribution in [-0.4, -0.2) is 19.0 Å². The first-order valence-corrected chi connectivity index (χ1v) is 5.56. The Morgan fingerprint density at radius 3 is 2.00 bits per heavy atom. The Bertz CT molecular complexity index is 320. The van der Waals surface area contributed by atoms with Gasteiger partial charge in [0.25, 0.3) is 0 Å². The summed E-state index contributed by atoms with van der Waals surface area (Å²) in [5.74, 6) is 0. The quantitative estimate of drug-likeness (QED) is 0.712. The lowest BCUT2D eigenvalue weighted by Crippen LogP contribution is -2.31. The molecule has 0 fully saturated rings. The molecular formula is C14H23N. The largest absolute Gasteiger partial charge is 0.302 e. The van der Waals surface area contributed by atoms with Crippen molar-refractivity contribution >= 4 is 0 Å². The Labute approximate surface area is 94.1 Å². The van der Waals surface area contributed by atoms with E-state index in [1.54, 1.807) is 0 Å². The lowest BCUT2D eigenvalue weighted by Gasteiger charge is -2.37. The van der Waals surface area contributed by atoms with Crippen molar-refractivity contribution in [2.75, 3.05) is 14.1 Å². The summed E-state index contributed by atoms with van der Waals surface area (Å²) in [7, 11) is 4.31. The minimum atomic E-state index is 0.260. The molecule has 1 aromatic carbocycles. The van der Waals surface area contributed by atoms with Crippen molar-refractivity contribution in [3.63, 3.8) is 0 Å². The maximum absolute atomic E-state index is 2.31. The SMILES string of the molecule is Cc1ccccc1C(N(C)C)C(C)(C)C. The highest BCUT2D eigenvalue weighted by Crippen LogP contribution is 2.37. The molecule has 0 saturated carbocycles.